The van der Waals surface area contributed by atoms with Crippen LogP contribution in [0.1, 0.15) is 49.1 Å². The normalized spacial score (nSPS) is 11.0. The summed E-state index contributed by atoms with van der Waals surface area (Å²) in [7, 11) is 0. The molecule has 0 N–H and O–H groups in total. The molecule has 0 radical (unpaired) electrons. The molecule has 0 unspecified atom stereocenters. The summed E-state index contributed by atoms with van der Waals surface area (Å²) < 4.78 is 15.0. The minimum atomic E-state index is -0.631. The van der Waals surface area contributed by atoms with Crippen LogP contribution >= 0.6 is 11.8 Å². The maximum absolute atomic E-state index is 11.3. The molecule has 0 aliphatic heterocycles. The third kappa shape index (κ3) is 3.56. The summed E-state index contributed by atoms with van der Waals surface area (Å²) >= 11 is 1.22. The van der Waals surface area contributed by atoms with Crippen molar-refractivity contribution in [2.24, 2.45) is 0 Å². The molecule has 0 spiro atoms. The Bertz CT molecular complexity index is 580. The molecule has 0 saturated heterocycles. The fourth-order valence-electron chi connectivity index (χ4n) is 1.23. The van der Waals surface area contributed by atoms with Crippen LogP contribution in [-0.2, 0) is 10.5 Å². The first-order chi connectivity index (χ1) is 9.60. The standard InChI is InChI=1S/C11H14N4O4S/c1-4-17-10(16)9-13-14-11(18-9)20-5-7-12-8(6(2)3)19-15-7/h6H,4-5H2,1-3H3. The number of nitrogens with zero attached hydrogens (tertiary/aromatic N) is 4. The Morgan fingerprint density at radius 3 is 2.85 bits per heavy atom. The Hall–Kier alpha value is -1.90. The van der Waals surface area contributed by atoms with E-state index >= 15 is 0 Å². The first-order valence-electron chi connectivity index (χ1n) is 6.06. The van der Waals surface area contributed by atoms with Gasteiger partial charge in [-0.25, -0.2) is 4.79 Å². The quantitative estimate of drug-likeness (QED) is 0.585. The molecular formula is C11H14N4O4S. The molecule has 108 valence electrons. The first kappa shape index (κ1) is 14.5. The number of carbonyl (C=O) groups is 1. The summed E-state index contributed by atoms with van der Waals surface area (Å²) in [6, 6.07) is 0. The lowest BCUT2D eigenvalue weighted by molar-refractivity contribution is 0.0475. The van der Waals surface area contributed by atoms with E-state index in [-0.39, 0.29) is 23.6 Å². The van der Waals surface area contributed by atoms with Crippen LogP contribution in [0.4, 0.5) is 0 Å². The summed E-state index contributed by atoms with van der Waals surface area (Å²) in [6.45, 7) is 5.89. The van der Waals surface area contributed by atoms with Gasteiger partial charge in [0.25, 0.3) is 5.22 Å². The number of carbonyl (C=O) groups excluding carboxylic acids is 1. The van der Waals surface area contributed by atoms with Crippen molar-refractivity contribution in [3.63, 3.8) is 0 Å². The smallest absolute Gasteiger partial charge is 0.396 e. The van der Waals surface area contributed by atoms with Crippen molar-refractivity contribution >= 4 is 17.7 Å². The Kier molecular flexibility index (Phi) is 4.72. The molecule has 0 amide bonds. The van der Waals surface area contributed by atoms with Crippen LogP contribution in [0, 0.1) is 0 Å². The molecule has 0 aromatic carbocycles. The third-order valence-corrected chi connectivity index (χ3v) is 2.97. The van der Waals surface area contributed by atoms with E-state index < -0.39 is 5.97 Å². The molecule has 0 fully saturated rings. The van der Waals surface area contributed by atoms with E-state index in [2.05, 4.69) is 20.3 Å². The van der Waals surface area contributed by atoms with Gasteiger partial charge in [0, 0.05) is 5.92 Å². The highest BCUT2D eigenvalue weighted by molar-refractivity contribution is 7.98. The largest absolute Gasteiger partial charge is 0.459 e. The minimum absolute atomic E-state index is 0.162. The zero-order valence-electron chi connectivity index (χ0n) is 11.3. The highest BCUT2D eigenvalue weighted by Crippen LogP contribution is 2.21. The zero-order valence-corrected chi connectivity index (χ0v) is 12.1. The van der Waals surface area contributed by atoms with E-state index in [1.54, 1.807) is 6.92 Å². The lowest BCUT2D eigenvalue weighted by atomic mass is 10.2. The van der Waals surface area contributed by atoms with Crippen LogP contribution in [0.2, 0.25) is 0 Å². The SMILES string of the molecule is CCOC(=O)c1nnc(SCc2noc(C(C)C)n2)o1. The van der Waals surface area contributed by atoms with Gasteiger partial charge in [0.15, 0.2) is 5.82 Å². The topological polar surface area (TPSA) is 104 Å². The van der Waals surface area contributed by atoms with Crippen LogP contribution in [0.5, 0.6) is 0 Å². The van der Waals surface area contributed by atoms with E-state index in [0.717, 1.165) is 0 Å². The predicted octanol–water partition coefficient (Wildman–Crippen LogP) is 2.04. The molecule has 0 aliphatic carbocycles. The molecule has 2 heterocycles. The van der Waals surface area contributed by atoms with Gasteiger partial charge >= 0.3 is 11.9 Å². The number of esters is 1. The van der Waals surface area contributed by atoms with Crippen molar-refractivity contribution in [1.29, 1.82) is 0 Å². The molecule has 9 heteroatoms. The Morgan fingerprint density at radius 2 is 2.20 bits per heavy atom. The summed E-state index contributed by atoms with van der Waals surface area (Å²) in [4.78, 5) is 15.6. The maximum atomic E-state index is 11.3. The van der Waals surface area contributed by atoms with Gasteiger partial charge in [-0.1, -0.05) is 35.9 Å². The van der Waals surface area contributed by atoms with Gasteiger partial charge in [-0.3, -0.25) is 0 Å². The number of hydrogen-bond acceptors (Lipinski definition) is 9. The third-order valence-electron chi connectivity index (χ3n) is 2.16. The van der Waals surface area contributed by atoms with Crippen molar-refractivity contribution in [1.82, 2.24) is 20.3 Å². The van der Waals surface area contributed by atoms with Gasteiger partial charge in [0.1, 0.15) is 0 Å². The summed E-state index contributed by atoms with van der Waals surface area (Å²) in [5.41, 5.74) is 0. The van der Waals surface area contributed by atoms with Crippen molar-refractivity contribution in [2.75, 3.05) is 6.61 Å². The number of ether oxygens (including phenoxy) is 1. The van der Waals surface area contributed by atoms with E-state index in [9.17, 15) is 4.79 Å². The van der Waals surface area contributed by atoms with Gasteiger partial charge in [-0.15, -0.1) is 5.10 Å². The van der Waals surface area contributed by atoms with Crippen molar-refractivity contribution in [3.8, 4) is 0 Å². The Labute approximate surface area is 119 Å². The van der Waals surface area contributed by atoms with Gasteiger partial charge in [-0.05, 0) is 6.92 Å². The average Bonchev–Trinajstić information content (AvgIpc) is 3.06. The number of thioether (sulfide) groups is 1. The van der Waals surface area contributed by atoms with Crippen LogP contribution in [0.25, 0.3) is 0 Å². The van der Waals surface area contributed by atoms with Gasteiger partial charge in [0.2, 0.25) is 5.89 Å². The lowest BCUT2D eigenvalue weighted by Gasteiger charge is -1.94. The van der Waals surface area contributed by atoms with Crippen molar-refractivity contribution in [3.05, 3.63) is 17.6 Å². The fraction of sp³-hybridized carbons (Fsp3) is 0.545. The zero-order chi connectivity index (χ0) is 14.5. The number of hydrogen-bond donors (Lipinski definition) is 0. The predicted molar refractivity (Wildman–Crippen MR) is 68.2 cm³/mol. The highest BCUT2D eigenvalue weighted by Gasteiger charge is 2.17. The lowest BCUT2D eigenvalue weighted by Crippen LogP contribution is -2.04. The Morgan fingerprint density at radius 1 is 1.40 bits per heavy atom. The van der Waals surface area contributed by atoms with Crippen LogP contribution in [-0.4, -0.2) is 32.9 Å². The minimum Gasteiger partial charge on any atom is -0.459 e. The van der Waals surface area contributed by atoms with Crippen molar-refractivity contribution < 1.29 is 18.5 Å². The molecule has 2 rings (SSSR count). The molecule has 20 heavy (non-hydrogen) atoms. The number of aromatic nitrogens is 4. The fourth-order valence-corrected chi connectivity index (χ4v) is 1.84. The highest BCUT2D eigenvalue weighted by atomic mass is 32.2. The molecule has 0 bridgehead atoms. The summed E-state index contributed by atoms with van der Waals surface area (Å²) in [5.74, 6) is 0.924. The first-order valence-corrected chi connectivity index (χ1v) is 7.04. The van der Waals surface area contributed by atoms with Gasteiger partial charge in [-0.2, -0.15) is 4.98 Å². The van der Waals surface area contributed by atoms with Crippen LogP contribution in [0.15, 0.2) is 14.2 Å². The Balaban J connectivity index is 1.92. The molecule has 2 aromatic heterocycles. The monoisotopic (exact) mass is 298 g/mol. The van der Waals surface area contributed by atoms with E-state index in [0.29, 0.717) is 17.5 Å². The molecular weight excluding hydrogens is 284 g/mol. The second-order valence-electron chi connectivity index (χ2n) is 4.09. The molecule has 0 saturated carbocycles. The summed E-state index contributed by atoms with van der Waals surface area (Å²) in [6.07, 6.45) is 0. The maximum Gasteiger partial charge on any atom is 0.396 e. The van der Waals surface area contributed by atoms with E-state index in [1.165, 1.54) is 11.8 Å². The second kappa shape index (κ2) is 6.51. The molecule has 0 atom stereocenters. The summed E-state index contributed by atoms with van der Waals surface area (Å²) in [5, 5.41) is 11.4. The molecule has 8 nitrogen and oxygen atoms in total. The number of rotatable bonds is 6. The molecule has 0 aliphatic rings. The second-order valence-corrected chi connectivity index (χ2v) is 5.01. The van der Waals surface area contributed by atoms with E-state index in [1.807, 2.05) is 13.8 Å². The average molecular weight is 298 g/mol. The van der Waals surface area contributed by atoms with Crippen LogP contribution in [0.3, 0.4) is 0 Å². The van der Waals surface area contributed by atoms with E-state index in [4.69, 9.17) is 13.7 Å². The molecule has 2 aromatic rings. The van der Waals surface area contributed by atoms with Crippen molar-refractivity contribution in [2.45, 2.75) is 37.7 Å². The van der Waals surface area contributed by atoms with Gasteiger partial charge in [0.05, 0.1) is 12.4 Å². The van der Waals surface area contributed by atoms with Crippen LogP contribution < -0.4 is 0 Å². The van der Waals surface area contributed by atoms with Gasteiger partial charge < -0.3 is 13.7 Å².